The molecule has 1 aromatic rings. The fourth-order valence-electron chi connectivity index (χ4n) is 1.31. The van der Waals surface area contributed by atoms with Gasteiger partial charge >= 0.3 is 6.18 Å². The zero-order valence-corrected chi connectivity index (χ0v) is 10.7. The summed E-state index contributed by atoms with van der Waals surface area (Å²) in [6, 6.07) is 7.97. The minimum atomic E-state index is -4.13. The lowest BCUT2D eigenvalue weighted by molar-refractivity contribution is -0.124. The number of halogens is 3. The van der Waals surface area contributed by atoms with Crippen LogP contribution in [0.25, 0.3) is 0 Å². The molecule has 0 aromatic heterocycles. The normalized spacial score (nSPS) is 13.7. The van der Waals surface area contributed by atoms with E-state index < -0.39 is 12.7 Å². The van der Waals surface area contributed by atoms with Crippen LogP contribution in [0.3, 0.4) is 0 Å². The van der Waals surface area contributed by atoms with Gasteiger partial charge in [0, 0.05) is 16.7 Å². The molecule has 0 amide bonds. The highest BCUT2D eigenvalue weighted by Crippen LogP contribution is 2.23. The summed E-state index contributed by atoms with van der Waals surface area (Å²) in [5.41, 5.74) is 1.18. The Morgan fingerprint density at radius 1 is 1.24 bits per heavy atom. The summed E-state index contributed by atoms with van der Waals surface area (Å²) in [5.74, 6) is 0. The van der Waals surface area contributed by atoms with Crippen molar-refractivity contribution in [3.05, 3.63) is 29.8 Å². The predicted octanol–water partition coefficient (Wildman–Crippen LogP) is 3.63. The number of rotatable bonds is 5. The first kappa shape index (κ1) is 14.4. The second-order valence-electron chi connectivity index (χ2n) is 3.99. The van der Waals surface area contributed by atoms with Gasteiger partial charge in [-0.25, -0.2) is 0 Å². The summed E-state index contributed by atoms with van der Waals surface area (Å²) < 4.78 is 35.7. The first-order valence-electron chi connectivity index (χ1n) is 5.37. The van der Waals surface area contributed by atoms with E-state index in [2.05, 4.69) is 5.32 Å². The molecule has 1 rings (SSSR count). The van der Waals surface area contributed by atoms with E-state index in [1.54, 1.807) is 11.8 Å². The van der Waals surface area contributed by atoms with Gasteiger partial charge in [0.15, 0.2) is 0 Å². The largest absolute Gasteiger partial charge is 0.401 e. The summed E-state index contributed by atoms with van der Waals surface area (Å²) >= 11 is 1.57. The lowest BCUT2D eigenvalue weighted by atomic mass is 10.2. The molecule has 17 heavy (non-hydrogen) atoms. The summed E-state index contributed by atoms with van der Waals surface area (Å²) in [6.07, 6.45) is -4.13. The Bertz CT molecular complexity index is 335. The Morgan fingerprint density at radius 3 is 2.35 bits per heavy atom. The van der Waals surface area contributed by atoms with Crippen LogP contribution in [0.5, 0.6) is 0 Å². The fourth-order valence-corrected chi connectivity index (χ4v) is 2.27. The predicted molar refractivity (Wildman–Crippen MR) is 65.4 cm³/mol. The van der Waals surface area contributed by atoms with Crippen molar-refractivity contribution in [1.82, 2.24) is 5.32 Å². The van der Waals surface area contributed by atoms with Crippen LogP contribution in [0, 0.1) is 6.92 Å². The van der Waals surface area contributed by atoms with E-state index in [-0.39, 0.29) is 5.25 Å². The third-order valence-electron chi connectivity index (χ3n) is 2.12. The Morgan fingerprint density at radius 2 is 1.82 bits per heavy atom. The zero-order chi connectivity index (χ0) is 12.9. The van der Waals surface area contributed by atoms with Gasteiger partial charge in [0.2, 0.25) is 0 Å². The first-order chi connectivity index (χ1) is 7.87. The van der Waals surface area contributed by atoms with E-state index in [0.717, 1.165) is 4.90 Å². The number of hydrogen-bond acceptors (Lipinski definition) is 2. The van der Waals surface area contributed by atoms with Crippen LogP contribution in [0.2, 0.25) is 0 Å². The minimum Gasteiger partial charge on any atom is -0.308 e. The molecule has 5 heteroatoms. The standard InChI is InChI=1S/C12H16F3NS/c1-9-3-5-11(6-4-9)17-10(2)7-16-8-12(13,14)15/h3-6,10,16H,7-8H2,1-2H3. The van der Waals surface area contributed by atoms with Crippen molar-refractivity contribution in [3.63, 3.8) is 0 Å². The topological polar surface area (TPSA) is 12.0 Å². The number of thioether (sulfide) groups is 1. The van der Waals surface area contributed by atoms with E-state index >= 15 is 0 Å². The van der Waals surface area contributed by atoms with Crippen molar-refractivity contribution >= 4 is 11.8 Å². The maximum Gasteiger partial charge on any atom is 0.401 e. The SMILES string of the molecule is Cc1ccc(SC(C)CNCC(F)(F)F)cc1. The monoisotopic (exact) mass is 263 g/mol. The molecule has 0 bridgehead atoms. The van der Waals surface area contributed by atoms with Crippen molar-refractivity contribution in [2.24, 2.45) is 0 Å². The van der Waals surface area contributed by atoms with Crippen LogP contribution < -0.4 is 5.32 Å². The van der Waals surface area contributed by atoms with Crippen LogP contribution in [0.4, 0.5) is 13.2 Å². The number of hydrogen-bond donors (Lipinski definition) is 1. The molecule has 0 heterocycles. The lowest BCUT2D eigenvalue weighted by Gasteiger charge is -2.13. The second-order valence-corrected chi connectivity index (χ2v) is 5.50. The molecule has 96 valence electrons. The summed E-state index contributed by atoms with van der Waals surface area (Å²) in [6.45, 7) is 3.33. The smallest absolute Gasteiger partial charge is 0.308 e. The molecular weight excluding hydrogens is 247 g/mol. The second kappa shape index (κ2) is 6.31. The molecule has 1 nitrogen and oxygen atoms in total. The van der Waals surface area contributed by atoms with Gasteiger partial charge in [0.05, 0.1) is 6.54 Å². The molecule has 0 spiro atoms. The molecule has 0 saturated heterocycles. The molecule has 0 radical (unpaired) electrons. The molecule has 0 aliphatic rings. The number of benzene rings is 1. The Labute approximate surface area is 104 Å². The van der Waals surface area contributed by atoms with Crippen molar-refractivity contribution in [1.29, 1.82) is 0 Å². The maximum atomic E-state index is 11.9. The molecule has 1 atom stereocenters. The molecule has 0 aliphatic carbocycles. The number of nitrogens with one attached hydrogen (secondary N) is 1. The maximum absolute atomic E-state index is 11.9. The first-order valence-corrected chi connectivity index (χ1v) is 6.25. The molecule has 0 saturated carbocycles. The van der Waals surface area contributed by atoms with Crippen LogP contribution in [0.1, 0.15) is 12.5 Å². The van der Waals surface area contributed by atoms with Gasteiger partial charge in [-0.3, -0.25) is 0 Å². The average Bonchev–Trinajstić information content (AvgIpc) is 2.19. The van der Waals surface area contributed by atoms with Crippen LogP contribution in [-0.2, 0) is 0 Å². The van der Waals surface area contributed by atoms with Gasteiger partial charge in [-0.2, -0.15) is 13.2 Å². The minimum absolute atomic E-state index is 0.111. The molecular formula is C12H16F3NS. The van der Waals surface area contributed by atoms with Gasteiger partial charge in [0.25, 0.3) is 0 Å². The van der Waals surface area contributed by atoms with Crippen molar-refractivity contribution in [2.45, 2.75) is 30.2 Å². The average molecular weight is 263 g/mol. The van der Waals surface area contributed by atoms with Crippen LogP contribution in [-0.4, -0.2) is 24.5 Å². The quantitative estimate of drug-likeness (QED) is 0.814. The Kier molecular flexibility index (Phi) is 5.33. The van der Waals surface area contributed by atoms with Crippen molar-refractivity contribution < 1.29 is 13.2 Å². The van der Waals surface area contributed by atoms with Gasteiger partial charge < -0.3 is 5.32 Å². The van der Waals surface area contributed by atoms with Crippen molar-refractivity contribution in [2.75, 3.05) is 13.1 Å². The number of aryl methyl sites for hydroxylation is 1. The fraction of sp³-hybridized carbons (Fsp3) is 0.500. The number of alkyl halides is 3. The van der Waals surface area contributed by atoms with Crippen LogP contribution >= 0.6 is 11.8 Å². The van der Waals surface area contributed by atoms with Gasteiger partial charge in [-0.05, 0) is 19.1 Å². The zero-order valence-electron chi connectivity index (χ0n) is 9.84. The third-order valence-corrected chi connectivity index (χ3v) is 3.23. The molecule has 1 unspecified atom stereocenters. The van der Waals surface area contributed by atoms with E-state index in [4.69, 9.17) is 0 Å². The summed E-state index contributed by atoms with van der Waals surface area (Å²) in [5, 5.41) is 2.52. The van der Waals surface area contributed by atoms with Crippen LogP contribution in [0.15, 0.2) is 29.2 Å². The highest BCUT2D eigenvalue weighted by atomic mass is 32.2. The molecule has 1 aromatic carbocycles. The lowest BCUT2D eigenvalue weighted by Crippen LogP contribution is -2.32. The Hall–Kier alpha value is -0.680. The molecule has 0 fully saturated rings. The summed E-state index contributed by atoms with van der Waals surface area (Å²) in [4.78, 5) is 1.08. The van der Waals surface area contributed by atoms with E-state index in [1.165, 1.54) is 5.56 Å². The van der Waals surface area contributed by atoms with E-state index in [1.807, 2.05) is 38.1 Å². The Balaban J connectivity index is 2.30. The highest BCUT2D eigenvalue weighted by Gasteiger charge is 2.26. The molecule has 0 aliphatic heterocycles. The summed E-state index contributed by atoms with van der Waals surface area (Å²) in [7, 11) is 0. The third kappa shape index (κ3) is 6.58. The van der Waals surface area contributed by atoms with E-state index in [9.17, 15) is 13.2 Å². The van der Waals surface area contributed by atoms with Gasteiger partial charge in [-0.15, -0.1) is 11.8 Å². The van der Waals surface area contributed by atoms with Gasteiger partial charge in [0.1, 0.15) is 0 Å². The highest BCUT2D eigenvalue weighted by molar-refractivity contribution is 8.00. The van der Waals surface area contributed by atoms with Crippen molar-refractivity contribution in [3.8, 4) is 0 Å². The van der Waals surface area contributed by atoms with Gasteiger partial charge in [-0.1, -0.05) is 24.6 Å². The molecule has 1 N–H and O–H groups in total. The van der Waals surface area contributed by atoms with E-state index in [0.29, 0.717) is 6.54 Å².